The van der Waals surface area contributed by atoms with Gasteiger partial charge < -0.3 is 13.9 Å². The molecule has 7 heteroatoms. The zero-order valence-corrected chi connectivity index (χ0v) is 15.1. The number of fused-ring (bicyclic) bond motifs is 2. The summed E-state index contributed by atoms with van der Waals surface area (Å²) >= 11 is 7.30. The van der Waals surface area contributed by atoms with Crippen molar-refractivity contribution in [1.29, 1.82) is 0 Å². The SMILES string of the molecule is COc1cc2c(cc1OC)C(=O)[C@H](Sc1nc3cc(Cl)ccc3o1)C2. The lowest BCUT2D eigenvalue weighted by atomic mass is 10.1. The van der Waals surface area contributed by atoms with E-state index in [1.54, 1.807) is 38.5 Å². The van der Waals surface area contributed by atoms with Gasteiger partial charge in [-0.25, -0.2) is 4.98 Å². The molecule has 0 radical (unpaired) electrons. The van der Waals surface area contributed by atoms with E-state index in [0.717, 1.165) is 5.56 Å². The van der Waals surface area contributed by atoms with Gasteiger partial charge in [0.1, 0.15) is 5.52 Å². The third kappa shape index (κ3) is 2.85. The molecule has 0 aliphatic heterocycles. The number of nitrogens with zero attached hydrogens (tertiary/aromatic N) is 1. The second-order valence-electron chi connectivity index (χ2n) is 5.63. The first kappa shape index (κ1) is 16.3. The van der Waals surface area contributed by atoms with Crippen LogP contribution in [0, 0.1) is 0 Å². The molecule has 0 amide bonds. The van der Waals surface area contributed by atoms with Crippen LogP contribution >= 0.6 is 23.4 Å². The van der Waals surface area contributed by atoms with Gasteiger partial charge >= 0.3 is 0 Å². The lowest BCUT2D eigenvalue weighted by molar-refractivity contribution is 0.0999. The van der Waals surface area contributed by atoms with Crippen molar-refractivity contribution in [3.8, 4) is 11.5 Å². The fourth-order valence-corrected chi connectivity index (χ4v) is 4.13. The standard InChI is InChI=1S/C18H14ClNO4S/c1-22-14-5-9-6-16(17(21)11(9)8-15(14)23-2)25-18-20-12-7-10(19)3-4-13(12)24-18/h3-5,7-8,16H,6H2,1-2H3/t16-/m1/s1. The Morgan fingerprint density at radius 2 is 1.96 bits per heavy atom. The molecule has 0 saturated heterocycles. The van der Waals surface area contributed by atoms with Gasteiger partial charge in [-0.1, -0.05) is 23.4 Å². The first-order chi connectivity index (χ1) is 12.1. The third-order valence-electron chi connectivity index (χ3n) is 4.15. The monoisotopic (exact) mass is 375 g/mol. The van der Waals surface area contributed by atoms with Crippen molar-refractivity contribution >= 4 is 40.2 Å². The van der Waals surface area contributed by atoms with E-state index >= 15 is 0 Å². The Kier molecular flexibility index (Phi) is 4.09. The molecular formula is C18H14ClNO4S. The Morgan fingerprint density at radius 1 is 1.20 bits per heavy atom. The predicted octanol–water partition coefficient (Wildman–Crippen LogP) is 4.40. The van der Waals surface area contributed by atoms with E-state index in [9.17, 15) is 4.79 Å². The van der Waals surface area contributed by atoms with E-state index in [4.69, 9.17) is 25.5 Å². The minimum Gasteiger partial charge on any atom is -0.493 e. The van der Waals surface area contributed by atoms with Crippen LogP contribution in [-0.2, 0) is 6.42 Å². The lowest BCUT2D eigenvalue weighted by Gasteiger charge is -2.09. The fourth-order valence-electron chi connectivity index (χ4n) is 2.93. The topological polar surface area (TPSA) is 61.6 Å². The van der Waals surface area contributed by atoms with Crippen LogP contribution in [0.5, 0.6) is 11.5 Å². The highest BCUT2D eigenvalue weighted by Gasteiger charge is 2.34. The van der Waals surface area contributed by atoms with Crippen molar-refractivity contribution in [1.82, 2.24) is 4.98 Å². The van der Waals surface area contributed by atoms with Gasteiger partial charge in [0.15, 0.2) is 22.9 Å². The van der Waals surface area contributed by atoms with Crippen LogP contribution in [0.25, 0.3) is 11.1 Å². The molecule has 2 aromatic carbocycles. The van der Waals surface area contributed by atoms with E-state index in [0.29, 0.717) is 44.8 Å². The highest BCUT2D eigenvalue weighted by atomic mass is 35.5. The number of hydrogen-bond donors (Lipinski definition) is 0. The molecule has 128 valence electrons. The molecule has 3 aromatic rings. The molecule has 25 heavy (non-hydrogen) atoms. The minimum absolute atomic E-state index is 0.0428. The van der Waals surface area contributed by atoms with Crippen LogP contribution in [0.15, 0.2) is 40.0 Å². The first-order valence-electron chi connectivity index (χ1n) is 7.61. The number of hydrogen-bond acceptors (Lipinski definition) is 6. The highest BCUT2D eigenvalue weighted by molar-refractivity contribution is 8.00. The van der Waals surface area contributed by atoms with Gasteiger partial charge in [0.2, 0.25) is 0 Å². The van der Waals surface area contributed by atoms with Crippen molar-refractivity contribution < 1.29 is 18.7 Å². The second-order valence-corrected chi connectivity index (χ2v) is 7.22. The number of rotatable bonds is 4. The van der Waals surface area contributed by atoms with Crippen LogP contribution in [-0.4, -0.2) is 30.2 Å². The predicted molar refractivity (Wildman–Crippen MR) is 96.2 cm³/mol. The van der Waals surface area contributed by atoms with E-state index in [-0.39, 0.29) is 11.0 Å². The number of oxazole rings is 1. The van der Waals surface area contributed by atoms with E-state index < -0.39 is 0 Å². The molecule has 5 nitrogen and oxygen atoms in total. The summed E-state index contributed by atoms with van der Waals surface area (Å²) in [5.41, 5.74) is 2.94. The molecule has 0 fully saturated rings. The summed E-state index contributed by atoms with van der Waals surface area (Å²) < 4.78 is 16.3. The lowest BCUT2D eigenvalue weighted by Crippen LogP contribution is -2.11. The Hall–Kier alpha value is -2.18. The van der Waals surface area contributed by atoms with E-state index in [1.807, 2.05) is 6.07 Å². The average Bonchev–Trinajstić information content (AvgIpc) is 3.14. The number of halogens is 1. The number of thioether (sulfide) groups is 1. The van der Waals surface area contributed by atoms with Crippen LogP contribution < -0.4 is 9.47 Å². The summed E-state index contributed by atoms with van der Waals surface area (Å²) in [5, 5.41) is 0.776. The maximum atomic E-state index is 12.7. The van der Waals surface area contributed by atoms with Crippen molar-refractivity contribution in [2.45, 2.75) is 16.9 Å². The number of carbonyl (C=O) groups is 1. The summed E-state index contributed by atoms with van der Waals surface area (Å²) in [7, 11) is 3.13. The Labute approximate surface area is 153 Å². The third-order valence-corrected chi connectivity index (χ3v) is 5.42. The normalized spacial score (nSPS) is 16.3. The number of benzene rings is 2. The molecule has 0 bridgehead atoms. The maximum absolute atomic E-state index is 12.7. The highest BCUT2D eigenvalue weighted by Crippen LogP contribution is 2.40. The maximum Gasteiger partial charge on any atom is 0.257 e. The fraction of sp³-hybridized carbons (Fsp3) is 0.222. The number of ketones is 1. The van der Waals surface area contributed by atoms with Crippen LogP contribution in [0.1, 0.15) is 15.9 Å². The molecule has 0 spiro atoms. The van der Waals surface area contributed by atoms with Crippen molar-refractivity contribution in [3.63, 3.8) is 0 Å². The van der Waals surface area contributed by atoms with Gasteiger partial charge in [-0.3, -0.25) is 4.79 Å². The Morgan fingerprint density at radius 3 is 2.72 bits per heavy atom. The van der Waals surface area contributed by atoms with Gasteiger partial charge in [-0.05, 0) is 42.3 Å². The van der Waals surface area contributed by atoms with Crippen molar-refractivity contribution in [3.05, 3.63) is 46.5 Å². The zero-order chi connectivity index (χ0) is 17.6. The summed E-state index contributed by atoms with van der Waals surface area (Å²) in [6.45, 7) is 0. The molecule has 0 saturated carbocycles. The van der Waals surface area contributed by atoms with Gasteiger partial charge in [-0.15, -0.1) is 0 Å². The molecule has 1 aliphatic carbocycles. The molecular weight excluding hydrogens is 362 g/mol. The second kappa shape index (κ2) is 6.28. The van der Waals surface area contributed by atoms with Crippen LogP contribution in [0.2, 0.25) is 5.02 Å². The Bertz CT molecular complexity index is 985. The summed E-state index contributed by atoms with van der Waals surface area (Å²) in [6, 6.07) is 8.86. The molecule has 0 N–H and O–H groups in total. The van der Waals surface area contributed by atoms with Gasteiger partial charge in [0.25, 0.3) is 5.22 Å². The molecule has 1 aliphatic rings. The van der Waals surface area contributed by atoms with Gasteiger partial charge in [-0.2, -0.15) is 0 Å². The molecule has 1 heterocycles. The molecule has 4 rings (SSSR count). The van der Waals surface area contributed by atoms with Crippen molar-refractivity contribution in [2.75, 3.05) is 14.2 Å². The average molecular weight is 376 g/mol. The summed E-state index contributed by atoms with van der Waals surface area (Å²) in [6.07, 6.45) is 0.596. The van der Waals surface area contributed by atoms with E-state index in [1.165, 1.54) is 11.8 Å². The molecule has 1 aromatic heterocycles. The number of methoxy groups -OCH3 is 2. The van der Waals surface area contributed by atoms with Gasteiger partial charge in [0.05, 0.1) is 19.5 Å². The number of carbonyl (C=O) groups excluding carboxylic acids is 1. The number of aromatic nitrogens is 1. The zero-order valence-electron chi connectivity index (χ0n) is 13.5. The first-order valence-corrected chi connectivity index (χ1v) is 8.86. The van der Waals surface area contributed by atoms with Crippen LogP contribution in [0.3, 0.4) is 0 Å². The summed E-state index contributed by atoms with van der Waals surface area (Å²) in [5.74, 6) is 1.22. The smallest absolute Gasteiger partial charge is 0.257 e. The summed E-state index contributed by atoms with van der Waals surface area (Å²) in [4.78, 5) is 17.1. The molecule has 1 atom stereocenters. The Balaban J connectivity index is 1.62. The largest absolute Gasteiger partial charge is 0.493 e. The minimum atomic E-state index is -0.282. The number of ether oxygens (including phenoxy) is 2. The molecule has 0 unspecified atom stereocenters. The van der Waals surface area contributed by atoms with Crippen molar-refractivity contribution in [2.24, 2.45) is 0 Å². The van der Waals surface area contributed by atoms with E-state index in [2.05, 4.69) is 4.98 Å². The number of Topliss-reactive ketones (excluding diaryl/α,β-unsaturated/α-hetero) is 1. The van der Waals surface area contributed by atoms with Crippen LogP contribution in [0.4, 0.5) is 0 Å². The quantitative estimate of drug-likeness (QED) is 0.673. The van der Waals surface area contributed by atoms with Gasteiger partial charge in [0, 0.05) is 10.6 Å².